The first-order valence-corrected chi connectivity index (χ1v) is 11.7. The standard InChI is InChI=1S/C30H43O2/c1-18(19-14-21(27(2,3)4)25(31)22(15-19)28(5,6)7)20-16-23(29(8,9)10)26(32)24(17-20)30(11,12)13/h14-17H,1-13H3. The third kappa shape index (κ3) is 5.27. The SMILES string of the molecule is CC(=C1C=C(C(C)(C)C)C(=O)C(C(C)(C)C)=C1)c1cc(C(C)(C)C)c([O])c(C(C)(C)C)c1. The van der Waals surface area contributed by atoms with Crippen LogP contribution >= 0.6 is 0 Å². The Balaban J connectivity index is 2.92. The van der Waals surface area contributed by atoms with E-state index in [2.05, 4.69) is 114 Å². The van der Waals surface area contributed by atoms with Crippen molar-refractivity contribution in [2.24, 2.45) is 10.8 Å². The van der Waals surface area contributed by atoms with Crippen LogP contribution in [0.15, 0.2) is 41.0 Å². The molecule has 0 saturated heterocycles. The molecule has 1 radical (unpaired) electrons. The average molecular weight is 436 g/mol. The number of hydrogen-bond donors (Lipinski definition) is 0. The van der Waals surface area contributed by atoms with Crippen LogP contribution in [0.5, 0.6) is 5.75 Å². The molecule has 0 saturated carbocycles. The Labute approximate surface area is 196 Å². The maximum absolute atomic E-state index is 13.3. The number of allylic oxidation sites excluding steroid dienone is 6. The lowest BCUT2D eigenvalue weighted by atomic mass is 9.71. The second kappa shape index (κ2) is 8.04. The van der Waals surface area contributed by atoms with Gasteiger partial charge in [-0.1, -0.05) is 83.1 Å². The summed E-state index contributed by atoms with van der Waals surface area (Å²) in [7, 11) is 0. The van der Waals surface area contributed by atoms with Crippen molar-refractivity contribution in [2.45, 2.75) is 101 Å². The van der Waals surface area contributed by atoms with Gasteiger partial charge in [-0.05, 0) is 69.6 Å². The van der Waals surface area contributed by atoms with Gasteiger partial charge in [0.25, 0.3) is 0 Å². The summed E-state index contributed by atoms with van der Waals surface area (Å²) in [6.45, 7) is 27.2. The number of carbonyl (C=O) groups excluding carboxylic acids is 1. The summed E-state index contributed by atoms with van der Waals surface area (Å²) in [6.07, 6.45) is 4.12. The molecule has 2 nitrogen and oxygen atoms in total. The molecule has 32 heavy (non-hydrogen) atoms. The summed E-state index contributed by atoms with van der Waals surface area (Å²) in [4.78, 5) is 13.3. The molecule has 0 bridgehead atoms. The molecule has 1 aromatic rings. The van der Waals surface area contributed by atoms with Gasteiger partial charge in [0.15, 0.2) is 11.5 Å². The van der Waals surface area contributed by atoms with E-state index < -0.39 is 0 Å². The largest absolute Gasteiger partial charge is 0.289 e. The molecule has 0 heterocycles. The summed E-state index contributed by atoms with van der Waals surface area (Å²) in [5.41, 5.74) is 5.56. The van der Waals surface area contributed by atoms with E-state index in [4.69, 9.17) is 0 Å². The lowest BCUT2D eigenvalue weighted by Gasteiger charge is -2.32. The Morgan fingerprint density at radius 1 is 0.625 bits per heavy atom. The second-order valence-corrected chi connectivity index (χ2v) is 13.4. The molecule has 1 aliphatic rings. The lowest BCUT2D eigenvalue weighted by Crippen LogP contribution is -2.28. The van der Waals surface area contributed by atoms with Crippen molar-refractivity contribution in [2.75, 3.05) is 0 Å². The molecule has 0 aliphatic heterocycles. The summed E-state index contributed by atoms with van der Waals surface area (Å²) in [5.74, 6) is 0.282. The third-order valence-corrected chi connectivity index (χ3v) is 6.28. The van der Waals surface area contributed by atoms with Crippen LogP contribution in [0.4, 0.5) is 0 Å². The molecule has 0 unspecified atom stereocenters. The highest BCUT2D eigenvalue weighted by Gasteiger charge is 2.35. The molecule has 175 valence electrons. The molecule has 1 aliphatic carbocycles. The van der Waals surface area contributed by atoms with Gasteiger partial charge < -0.3 is 0 Å². The first-order valence-electron chi connectivity index (χ1n) is 11.7. The number of rotatable bonds is 1. The number of benzene rings is 1. The van der Waals surface area contributed by atoms with Crippen LogP contribution in [-0.2, 0) is 20.7 Å². The molecule has 1 aromatic carbocycles. The maximum Gasteiger partial charge on any atom is 0.186 e. The summed E-state index contributed by atoms with van der Waals surface area (Å²) < 4.78 is 0. The smallest absolute Gasteiger partial charge is 0.186 e. The predicted molar refractivity (Wildman–Crippen MR) is 137 cm³/mol. The molecule has 2 heteroatoms. The minimum atomic E-state index is -0.251. The second-order valence-electron chi connectivity index (χ2n) is 13.4. The summed E-state index contributed by atoms with van der Waals surface area (Å²) in [5, 5.41) is 13.3. The van der Waals surface area contributed by atoms with Crippen LogP contribution < -0.4 is 0 Å². The van der Waals surface area contributed by atoms with Gasteiger partial charge in [-0.3, -0.25) is 9.90 Å². The molecule has 0 N–H and O–H groups in total. The highest BCUT2D eigenvalue weighted by Crippen LogP contribution is 2.44. The molecule has 0 aromatic heterocycles. The van der Waals surface area contributed by atoms with Crippen LogP contribution in [-0.4, -0.2) is 5.78 Å². The molecule has 0 amide bonds. The van der Waals surface area contributed by atoms with E-state index in [0.717, 1.165) is 39.0 Å². The van der Waals surface area contributed by atoms with Crippen molar-refractivity contribution in [3.05, 3.63) is 57.7 Å². The Hall–Kier alpha value is -2.09. The van der Waals surface area contributed by atoms with Gasteiger partial charge in [0.05, 0.1) is 0 Å². The molecular formula is C30H43O2. The Morgan fingerprint density at radius 2 is 0.969 bits per heavy atom. The van der Waals surface area contributed by atoms with Gasteiger partial charge >= 0.3 is 0 Å². The number of ketones is 1. The average Bonchev–Trinajstić information content (AvgIpc) is 2.57. The fraction of sp³-hybridized carbons (Fsp3) is 0.567. The van der Waals surface area contributed by atoms with Gasteiger partial charge in [-0.15, -0.1) is 0 Å². The zero-order valence-electron chi connectivity index (χ0n) is 22.6. The molecule has 0 fully saturated rings. The fourth-order valence-electron chi connectivity index (χ4n) is 4.09. The molecular weight excluding hydrogens is 392 g/mol. The summed E-state index contributed by atoms with van der Waals surface area (Å²) >= 11 is 0. The van der Waals surface area contributed by atoms with Crippen LogP contribution in [0.1, 0.15) is 107 Å². The first kappa shape index (κ1) is 26.2. The van der Waals surface area contributed by atoms with E-state index in [1.807, 2.05) is 0 Å². The normalized spacial score (nSPS) is 16.2. The first-order chi connectivity index (χ1) is 14.2. The molecule has 0 atom stereocenters. The van der Waals surface area contributed by atoms with Crippen molar-refractivity contribution >= 4 is 11.4 Å². The third-order valence-electron chi connectivity index (χ3n) is 6.28. The molecule has 0 spiro atoms. The van der Waals surface area contributed by atoms with Crippen LogP contribution in [0.3, 0.4) is 0 Å². The van der Waals surface area contributed by atoms with Crippen molar-refractivity contribution < 1.29 is 9.90 Å². The number of Topliss-reactive ketones (excluding diaryl/α,β-unsaturated/α-hetero) is 1. The maximum atomic E-state index is 13.3. The van der Waals surface area contributed by atoms with E-state index in [-0.39, 0.29) is 33.2 Å². The van der Waals surface area contributed by atoms with E-state index in [1.165, 1.54) is 0 Å². The number of hydrogen-bond acceptors (Lipinski definition) is 1. The minimum absolute atomic E-state index is 0.141. The van der Waals surface area contributed by atoms with E-state index >= 15 is 0 Å². The van der Waals surface area contributed by atoms with Gasteiger partial charge in [0.1, 0.15) is 0 Å². The van der Waals surface area contributed by atoms with E-state index in [0.29, 0.717) is 0 Å². The van der Waals surface area contributed by atoms with Crippen molar-refractivity contribution in [3.8, 4) is 5.75 Å². The van der Waals surface area contributed by atoms with Crippen molar-refractivity contribution in [1.29, 1.82) is 0 Å². The lowest BCUT2D eigenvalue weighted by molar-refractivity contribution is -0.114. The van der Waals surface area contributed by atoms with Crippen LogP contribution in [0.2, 0.25) is 0 Å². The van der Waals surface area contributed by atoms with E-state index in [1.54, 1.807) is 0 Å². The van der Waals surface area contributed by atoms with Crippen molar-refractivity contribution in [3.63, 3.8) is 0 Å². The minimum Gasteiger partial charge on any atom is -0.289 e. The predicted octanol–water partition coefficient (Wildman–Crippen LogP) is 8.73. The Kier molecular flexibility index (Phi) is 6.58. The molecule has 2 rings (SSSR count). The zero-order valence-corrected chi connectivity index (χ0v) is 22.6. The van der Waals surface area contributed by atoms with Gasteiger partial charge in [0, 0.05) is 22.3 Å². The summed E-state index contributed by atoms with van der Waals surface area (Å²) in [6, 6.07) is 4.12. The topological polar surface area (TPSA) is 37.0 Å². The highest BCUT2D eigenvalue weighted by atomic mass is 16.3. The van der Waals surface area contributed by atoms with Crippen LogP contribution in [0.25, 0.3) is 5.57 Å². The highest BCUT2D eigenvalue weighted by molar-refractivity contribution is 6.12. The van der Waals surface area contributed by atoms with Gasteiger partial charge in [-0.25, -0.2) is 0 Å². The van der Waals surface area contributed by atoms with E-state index in [9.17, 15) is 9.90 Å². The van der Waals surface area contributed by atoms with Gasteiger partial charge in [-0.2, -0.15) is 0 Å². The zero-order chi connectivity index (χ0) is 25.0. The van der Waals surface area contributed by atoms with Crippen LogP contribution in [0, 0.1) is 10.8 Å². The van der Waals surface area contributed by atoms with Gasteiger partial charge in [0.2, 0.25) is 0 Å². The number of carbonyl (C=O) groups is 1. The Morgan fingerprint density at radius 3 is 1.25 bits per heavy atom. The Bertz CT molecular complexity index is 944. The fourth-order valence-corrected chi connectivity index (χ4v) is 4.09. The quantitative estimate of drug-likeness (QED) is 0.434. The monoisotopic (exact) mass is 435 g/mol. The van der Waals surface area contributed by atoms with Crippen molar-refractivity contribution in [1.82, 2.24) is 0 Å².